The topological polar surface area (TPSA) is 73.9 Å². The van der Waals surface area contributed by atoms with E-state index in [1.165, 1.54) is 0 Å². The summed E-state index contributed by atoms with van der Waals surface area (Å²) < 4.78 is 5.26. The highest BCUT2D eigenvalue weighted by molar-refractivity contribution is 6.39. The summed E-state index contributed by atoms with van der Waals surface area (Å²) in [6.07, 6.45) is 0. The molecule has 1 unspecified atom stereocenters. The summed E-state index contributed by atoms with van der Waals surface area (Å²) in [4.78, 5) is 29.5. The van der Waals surface area contributed by atoms with Gasteiger partial charge in [0.2, 0.25) is 0 Å². The molecule has 0 saturated carbocycles. The molecular weight excluding hydrogens is 380 g/mol. The molecule has 30 heavy (non-hydrogen) atoms. The number of aryl methyl sites for hydroxylation is 1. The van der Waals surface area contributed by atoms with E-state index in [-0.39, 0.29) is 6.04 Å². The van der Waals surface area contributed by atoms with Crippen LogP contribution in [0.5, 0.6) is 5.75 Å². The van der Waals surface area contributed by atoms with Crippen molar-refractivity contribution in [1.82, 2.24) is 15.1 Å². The van der Waals surface area contributed by atoms with Gasteiger partial charge in [0, 0.05) is 38.4 Å². The van der Waals surface area contributed by atoms with Crippen LogP contribution in [0.1, 0.15) is 17.2 Å². The summed E-state index contributed by atoms with van der Waals surface area (Å²) in [7, 11) is 3.75. The van der Waals surface area contributed by atoms with Crippen molar-refractivity contribution in [3.05, 3.63) is 59.7 Å². The monoisotopic (exact) mass is 410 g/mol. The number of benzene rings is 2. The molecular formula is C23H30N4O3. The van der Waals surface area contributed by atoms with Gasteiger partial charge in [-0.05, 0) is 43.3 Å². The zero-order valence-electron chi connectivity index (χ0n) is 17.9. The lowest BCUT2D eigenvalue weighted by atomic mass is 10.0. The van der Waals surface area contributed by atoms with Crippen molar-refractivity contribution < 1.29 is 14.3 Å². The molecule has 1 aliphatic heterocycles. The average molecular weight is 411 g/mol. The van der Waals surface area contributed by atoms with Crippen molar-refractivity contribution in [3.63, 3.8) is 0 Å². The highest BCUT2D eigenvalue weighted by atomic mass is 16.5. The number of para-hydroxylation sites is 1. The Morgan fingerprint density at radius 1 is 1.00 bits per heavy atom. The molecule has 2 N–H and O–H groups in total. The summed E-state index contributed by atoms with van der Waals surface area (Å²) in [5.74, 6) is -0.500. The third-order valence-electron chi connectivity index (χ3n) is 5.53. The van der Waals surface area contributed by atoms with Gasteiger partial charge in [-0.3, -0.25) is 14.5 Å². The van der Waals surface area contributed by atoms with Crippen molar-refractivity contribution in [2.45, 2.75) is 13.0 Å². The lowest BCUT2D eigenvalue weighted by Gasteiger charge is -2.38. The van der Waals surface area contributed by atoms with E-state index in [9.17, 15) is 9.59 Å². The van der Waals surface area contributed by atoms with Crippen molar-refractivity contribution in [3.8, 4) is 5.75 Å². The SMILES string of the molecule is COc1ccc(C(CNC(=O)C(=O)Nc2ccccc2C)N2CCN(C)CC2)cc1. The summed E-state index contributed by atoms with van der Waals surface area (Å²) in [6.45, 7) is 5.98. The number of carbonyl (C=O) groups excluding carboxylic acids is 2. The number of nitrogens with one attached hydrogen (secondary N) is 2. The fourth-order valence-electron chi connectivity index (χ4n) is 3.58. The van der Waals surface area contributed by atoms with E-state index in [1.54, 1.807) is 13.2 Å². The van der Waals surface area contributed by atoms with Crippen LogP contribution in [0.3, 0.4) is 0 Å². The Balaban J connectivity index is 1.66. The van der Waals surface area contributed by atoms with Gasteiger partial charge in [-0.15, -0.1) is 0 Å². The first-order valence-electron chi connectivity index (χ1n) is 10.2. The molecule has 1 saturated heterocycles. The third kappa shape index (κ3) is 5.58. The molecule has 1 heterocycles. The minimum absolute atomic E-state index is 0.0141. The first-order valence-corrected chi connectivity index (χ1v) is 10.2. The molecule has 0 bridgehead atoms. The van der Waals surface area contributed by atoms with Gasteiger partial charge in [-0.25, -0.2) is 0 Å². The summed E-state index contributed by atoms with van der Waals surface area (Å²) >= 11 is 0. The lowest BCUT2D eigenvalue weighted by molar-refractivity contribution is -0.136. The van der Waals surface area contributed by atoms with Crippen LogP contribution in [-0.2, 0) is 9.59 Å². The number of amides is 2. The zero-order valence-corrected chi connectivity index (χ0v) is 17.9. The third-order valence-corrected chi connectivity index (χ3v) is 5.53. The van der Waals surface area contributed by atoms with Gasteiger partial charge in [0.05, 0.1) is 13.2 Å². The number of ether oxygens (including phenoxy) is 1. The highest BCUT2D eigenvalue weighted by Crippen LogP contribution is 2.24. The van der Waals surface area contributed by atoms with Crippen molar-refractivity contribution in [2.75, 3.05) is 52.2 Å². The molecule has 160 valence electrons. The van der Waals surface area contributed by atoms with E-state index < -0.39 is 11.8 Å². The quantitative estimate of drug-likeness (QED) is 0.713. The smallest absolute Gasteiger partial charge is 0.313 e. The van der Waals surface area contributed by atoms with Crippen molar-refractivity contribution >= 4 is 17.5 Å². The Kier molecular flexibility index (Phi) is 7.43. The Hall–Kier alpha value is -2.90. The number of carbonyl (C=O) groups is 2. The normalized spacial score (nSPS) is 16.0. The molecule has 0 spiro atoms. The fraction of sp³-hybridized carbons (Fsp3) is 0.391. The fourth-order valence-corrected chi connectivity index (χ4v) is 3.58. The molecule has 1 atom stereocenters. The Bertz CT molecular complexity index is 861. The van der Waals surface area contributed by atoms with Crippen LogP contribution in [0.2, 0.25) is 0 Å². The van der Waals surface area contributed by atoms with Gasteiger partial charge in [-0.1, -0.05) is 30.3 Å². The highest BCUT2D eigenvalue weighted by Gasteiger charge is 2.25. The van der Waals surface area contributed by atoms with Crippen LogP contribution in [0, 0.1) is 6.92 Å². The molecule has 0 aliphatic carbocycles. The van der Waals surface area contributed by atoms with Crippen molar-refractivity contribution in [2.24, 2.45) is 0 Å². The summed E-state index contributed by atoms with van der Waals surface area (Å²) in [6, 6.07) is 15.2. The molecule has 2 amide bonds. The maximum Gasteiger partial charge on any atom is 0.313 e. The van der Waals surface area contributed by atoms with Gasteiger partial charge in [0.25, 0.3) is 0 Å². The zero-order chi connectivity index (χ0) is 21.5. The molecule has 7 nitrogen and oxygen atoms in total. The van der Waals surface area contributed by atoms with Crippen LogP contribution >= 0.6 is 0 Å². The summed E-state index contributed by atoms with van der Waals surface area (Å²) in [5.41, 5.74) is 2.63. The second-order valence-corrected chi connectivity index (χ2v) is 7.61. The Morgan fingerprint density at radius 2 is 1.67 bits per heavy atom. The van der Waals surface area contributed by atoms with Gasteiger partial charge in [-0.2, -0.15) is 0 Å². The van der Waals surface area contributed by atoms with Crippen LogP contribution in [-0.4, -0.2) is 68.5 Å². The van der Waals surface area contributed by atoms with Gasteiger partial charge in [0.1, 0.15) is 5.75 Å². The minimum atomic E-state index is -0.656. The van der Waals surface area contributed by atoms with E-state index in [4.69, 9.17) is 4.74 Å². The molecule has 2 aromatic rings. The van der Waals surface area contributed by atoms with Crippen LogP contribution in [0.4, 0.5) is 5.69 Å². The molecule has 0 radical (unpaired) electrons. The Labute approximate surface area is 178 Å². The molecule has 7 heteroatoms. The van der Waals surface area contributed by atoms with Crippen LogP contribution in [0.15, 0.2) is 48.5 Å². The molecule has 3 rings (SSSR count). The van der Waals surface area contributed by atoms with Crippen LogP contribution < -0.4 is 15.4 Å². The molecule has 1 fully saturated rings. The maximum absolute atomic E-state index is 12.5. The van der Waals surface area contributed by atoms with Crippen LogP contribution in [0.25, 0.3) is 0 Å². The second-order valence-electron chi connectivity index (χ2n) is 7.61. The number of rotatable bonds is 6. The van der Waals surface area contributed by atoms with Gasteiger partial charge in [0.15, 0.2) is 0 Å². The Morgan fingerprint density at radius 3 is 2.30 bits per heavy atom. The first kappa shape index (κ1) is 21.8. The number of likely N-dealkylation sites (N-methyl/N-ethyl adjacent to an activating group) is 1. The number of nitrogens with zero attached hydrogens (tertiary/aromatic N) is 2. The predicted octanol–water partition coefficient (Wildman–Crippen LogP) is 2.05. The van der Waals surface area contributed by atoms with Gasteiger partial charge >= 0.3 is 11.8 Å². The first-order chi connectivity index (χ1) is 14.5. The van der Waals surface area contributed by atoms with E-state index in [0.717, 1.165) is 43.1 Å². The maximum atomic E-state index is 12.5. The number of hydrogen-bond acceptors (Lipinski definition) is 5. The van der Waals surface area contributed by atoms with E-state index in [2.05, 4.69) is 27.5 Å². The van der Waals surface area contributed by atoms with E-state index in [1.807, 2.05) is 49.4 Å². The number of anilines is 1. The second kappa shape index (κ2) is 10.2. The van der Waals surface area contributed by atoms with E-state index >= 15 is 0 Å². The van der Waals surface area contributed by atoms with E-state index in [0.29, 0.717) is 12.2 Å². The van der Waals surface area contributed by atoms with Gasteiger partial charge < -0.3 is 20.3 Å². The molecule has 0 aromatic heterocycles. The standard InChI is InChI=1S/C23H30N4O3/c1-17-6-4-5-7-20(17)25-23(29)22(28)24-16-21(27-14-12-26(2)13-15-27)18-8-10-19(30-3)11-9-18/h4-11,21H,12-16H2,1-3H3,(H,24,28)(H,25,29). The number of methoxy groups -OCH3 is 1. The molecule has 1 aliphatic rings. The lowest BCUT2D eigenvalue weighted by Crippen LogP contribution is -2.49. The molecule has 2 aromatic carbocycles. The average Bonchev–Trinajstić information content (AvgIpc) is 2.77. The minimum Gasteiger partial charge on any atom is -0.497 e. The summed E-state index contributed by atoms with van der Waals surface area (Å²) in [5, 5.41) is 5.51. The number of piperazine rings is 1. The largest absolute Gasteiger partial charge is 0.497 e. The number of hydrogen-bond donors (Lipinski definition) is 2. The van der Waals surface area contributed by atoms with Crippen molar-refractivity contribution in [1.29, 1.82) is 0 Å². The predicted molar refractivity (Wildman–Crippen MR) is 118 cm³/mol.